The molecule has 232 valence electrons. The Morgan fingerprint density at radius 1 is 0.763 bits per heavy atom. The van der Waals surface area contributed by atoms with Gasteiger partial charge in [0, 0.05) is 24.5 Å². The molecule has 0 rings (SSSR count). The van der Waals surface area contributed by atoms with Crippen LogP contribution in [0.1, 0.15) is 71.2 Å². The third-order valence-corrected chi connectivity index (χ3v) is 3.35. The summed E-state index contributed by atoms with van der Waals surface area (Å²) in [4.78, 5) is 24.9. The SMILES string of the molecule is C.C.C.C.CC(C)(C)OC(=O)NCCOCCN=[N+]=[N-].CC(C)(C)OC(=O)NCCOCCOS(C)(=O)=O. The van der Waals surface area contributed by atoms with Crippen LogP contribution in [0, 0.1) is 0 Å². The van der Waals surface area contributed by atoms with Crippen molar-refractivity contribution in [3.05, 3.63) is 10.4 Å². The maximum absolute atomic E-state index is 11.2. The van der Waals surface area contributed by atoms with E-state index in [2.05, 4.69) is 24.8 Å². The summed E-state index contributed by atoms with van der Waals surface area (Å²) in [6, 6.07) is 0. The second-order valence-electron chi connectivity index (χ2n) is 8.56. The summed E-state index contributed by atoms with van der Waals surface area (Å²) in [6.45, 7) is 12.7. The summed E-state index contributed by atoms with van der Waals surface area (Å²) in [5.74, 6) is 0. The Balaban J connectivity index is -0.000000123. The highest BCUT2D eigenvalue weighted by Crippen LogP contribution is 2.06. The fourth-order valence-electron chi connectivity index (χ4n) is 1.68. The van der Waals surface area contributed by atoms with Crippen LogP contribution in [0.15, 0.2) is 5.11 Å². The van der Waals surface area contributed by atoms with Crippen LogP contribution in [0.4, 0.5) is 9.59 Å². The molecule has 0 aliphatic carbocycles. The third kappa shape index (κ3) is 46.9. The molecule has 0 aliphatic heterocycles. The standard InChI is InChI=1S/C10H21NO6S.C9H18N4O3.4CH4/c1-10(2,3)17-9(12)11-5-6-15-7-8-16-18(4,13)14;1-9(2,3)16-8(14)11-4-6-15-7-5-12-13-10;;;;/h5-8H2,1-4H3,(H,11,12);4-7H2,1-3H3,(H,11,14);4*1H4. The zero-order valence-corrected chi connectivity index (χ0v) is 21.9. The van der Waals surface area contributed by atoms with Gasteiger partial charge < -0.3 is 29.6 Å². The zero-order valence-electron chi connectivity index (χ0n) is 21.1. The molecule has 0 saturated carbocycles. The van der Waals surface area contributed by atoms with E-state index >= 15 is 0 Å². The summed E-state index contributed by atoms with van der Waals surface area (Å²) in [6.07, 6.45) is -0.0125. The van der Waals surface area contributed by atoms with Gasteiger partial charge in [-0.2, -0.15) is 8.42 Å². The molecule has 38 heavy (non-hydrogen) atoms. The lowest BCUT2D eigenvalue weighted by Gasteiger charge is -2.19. The molecule has 0 atom stereocenters. The molecule has 0 unspecified atom stereocenters. The normalized spacial score (nSPS) is 10.2. The van der Waals surface area contributed by atoms with Crippen LogP contribution >= 0.6 is 0 Å². The summed E-state index contributed by atoms with van der Waals surface area (Å²) in [5.41, 5.74) is 6.95. The number of alkyl carbamates (subject to hydrolysis) is 2. The number of ether oxygens (including phenoxy) is 4. The average molecular weight is 578 g/mol. The Morgan fingerprint density at radius 2 is 1.16 bits per heavy atom. The number of azide groups is 1. The van der Waals surface area contributed by atoms with E-state index in [1.165, 1.54) is 0 Å². The largest absolute Gasteiger partial charge is 0.444 e. The molecule has 14 nitrogen and oxygen atoms in total. The number of hydrogen-bond donors (Lipinski definition) is 2. The lowest BCUT2D eigenvalue weighted by atomic mass is 10.2. The number of amides is 2. The molecule has 0 radical (unpaired) electrons. The number of nitrogens with one attached hydrogen (secondary N) is 2. The highest BCUT2D eigenvalue weighted by molar-refractivity contribution is 7.85. The molecule has 0 aliphatic rings. The van der Waals surface area contributed by atoms with Crippen molar-refractivity contribution in [3.8, 4) is 0 Å². The van der Waals surface area contributed by atoms with Crippen molar-refractivity contribution in [3.63, 3.8) is 0 Å². The van der Waals surface area contributed by atoms with E-state index in [0.717, 1.165) is 6.26 Å². The van der Waals surface area contributed by atoms with Crippen molar-refractivity contribution in [2.24, 2.45) is 5.11 Å². The van der Waals surface area contributed by atoms with Gasteiger partial charge in [0.2, 0.25) is 0 Å². The van der Waals surface area contributed by atoms with Crippen LogP contribution in [-0.4, -0.2) is 90.7 Å². The highest BCUT2D eigenvalue weighted by Gasteiger charge is 2.16. The molecule has 0 saturated heterocycles. The molecule has 0 bridgehead atoms. The minimum Gasteiger partial charge on any atom is -0.444 e. The number of carbonyl (C=O) groups excluding carboxylic acids is 2. The van der Waals surface area contributed by atoms with Gasteiger partial charge in [0.15, 0.2) is 0 Å². The first-order valence-corrected chi connectivity index (χ1v) is 12.3. The fraction of sp³-hybridized carbons (Fsp3) is 0.913. The van der Waals surface area contributed by atoms with Gasteiger partial charge in [-0.15, -0.1) is 0 Å². The molecule has 0 heterocycles. The summed E-state index contributed by atoms with van der Waals surface area (Å²) < 4.78 is 45.8. The van der Waals surface area contributed by atoms with Crippen molar-refractivity contribution in [1.29, 1.82) is 0 Å². The van der Waals surface area contributed by atoms with E-state index < -0.39 is 33.5 Å². The lowest BCUT2D eigenvalue weighted by molar-refractivity contribution is 0.0484. The van der Waals surface area contributed by atoms with E-state index in [4.69, 9.17) is 24.5 Å². The van der Waals surface area contributed by atoms with E-state index in [9.17, 15) is 18.0 Å². The number of nitrogens with zero attached hydrogens (tertiary/aromatic N) is 3. The molecule has 0 fully saturated rings. The number of hydrogen-bond acceptors (Lipinski definition) is 10. The third-order valence-electron chi connectivity index (χ3n) is 2.75. The summed E-state index contributed by atoms with van der Waals surface area (Å²) in [7, 11) is -3.42. The van der Waals surface area contributed by atoms with Crippen LogP contribution in [0.5, 0.6) is 0 Å². The van der Waals surface area contributed by atoms with Gasteiger partial charge in [0.25, 0.3) is 10.1 Å². The first kappa shape index (κ1) is 48.7. The Labute approximate surface area is 231 Å². The van der Waals surface area contributed by atoms with Crippen LogP contribution < -0.4 is 10.6 Å². The number of rotatable bonds is 13. The first-order valence-electron chi connectivity index (χ1n) is 10.5. The topological polar surface area (TPSA) is 187 Å². The molecular weight excluding hydrogens is 522 g/mol. The highest BCUT2D eigenvalue weighted by atomic mass is 32.2. The van der Waals surface area contributed by atoms with Gasteiger partial charge in [-0.1, -0.05) is 34.8 Å². The van der Waals surface area contributed by atoms with Gasteiger partial charge in [0.1, 0.15) is 11.2 Å². The number of carbonyl (C=O) groups is 2. The smallest absolute Gasteiger partial charge is 0.407 e. The van der Waals surface area contributed by atoms with Crippen molar-refractivity contribution >= 4 is 22.3 Å². The van der Waals surface area contributed by atoms with Gasteiger partial charge in [-0.25, -0.2) is 9.59 Å². The predicted octanol–water partition coefficient (Wildman–Crippen LogP) is 4.89. The van der Waals surface area contributed by atoms with Crippen molar-refractivity contribution in [2.45, 2.75) is 82.5 Å². The fourth-order valence-corrected chi connectivity index (χ4v) is 2.05. The van der Waals surface area contributed by atoms with Crippen LogP contribution in [-0.2, 0) is 33.2 Å². The minimum absolute atomic E-state index is 0. The minimum atomic E-state index is -3.42. The quantitative estimate of drug-likeness (QED) is 0.101. The lowest BCUT2D eigenvalue weighted by Crippen LogP contribution is -2.34. The molecule has 15 heteroatoms. The Hall–Kier alpha value is -2.32. The summed E-state index contributed by atoms with van der Waals surface area (Å²) >= 11 is 0. The van der Waals surface area contributed by atoms with Crippen molar-refractivity contribution < 1.29 is 41.1 Å². The van der Waals surface area contributed by atoms with Crippen LogP contribution in [0.3, 0.4) is 0 Å². The zero-order chi connectivity index (χ0) is 26.7. The molecule has 0 aromatic carbocycles. The van der Waals surface area contributed by atoms with E-state index in [1.54, 1.807) is 41.5 Å². The second-order valence-corrected chi connectivity index (χ2v) is 10.2. The van der Waals surface area contributed by atoms with Gasteiger partial charge in [-0.05, 0) is 47.1 Å². The second kappa shape index (κ2) is 26.3. The first-order chi connectivity index (χ1) is 15.6. The maximum atomic E-state index is 11.2. The monoisotopic (exact) mass is 577 g/mol. The average Bonchev–Trinajstić information content (AvgIpc) is 2.63. The van der Waals surface area contributed by atoms with Crippen LogP contribution in [0.25, 0.3) is 10.4 Å². The van der Waals surface area contributed by atoms with Gasteiger partial charge in [0.05, 0.1) is 39.3 Å². The Bertz CT molecular complexity index is 731. The molecular formula is C23H55N5O9S. The molecule has 0 spiro atoms. The van der Waals surface area contributed by atoms with E-state index in [1.807, 2.05) is 0 Å². The van der Waals surface area contributed by atoms with Crippen LogP contribution in [0.2, 0.25) is 0 Å². The molecule has 2 amide bonds. The predicted molar refractivity (Wildman–Crippen MR) is 152 cm³/mol. The molecule has 2 N–H and O–H groups in total. The van der Waals surface area contributed by atoms with E-state index in [0.29, 0.717) is 26.3 Å². The van der Waals surface area contributed by atoms with E-state index in [-0.39, 0.29) is 56.1 Å². The summed E-state index contributed by atoms with van der Waals surface area (Å²) in [5, 5.41) is 8.34. The van der Waals surface area contributed by atoms with Crippen molar-refractivity contribution in [2.75, 3.05) is 58.9 Å². The molecule has 0 aromatic heterocycles. The Kier molecular flexibility index (Phi) is 33.7. The molecule has 0 aromatic rings. The van der Waals surface area contributed by atoms with Gasteiger partial charge in [-0.3, -0.25) is 4.18 Å². The maximum Gasteiger partial charge on any atom is 0.407 e. The van der Waals surface area contributed by atoms with Crippen molar-refractivity contribution in [1.82, 2.24) is 10.6 Å². The van der Waals surface area contributed by atoms with Gasteiger partial charge >= 0.3 is 12.2 Å². The Morgan fingerprint density at radius 3 is 1.50 bits per heavy atom.